The van der Waals surface area contributed by atoms with Gasteiger partial charge in [-0.25, -0.2) is 9.97 Å². The second-order valence-electron chi connectivity index (χ2n) is 12.8. The molecule has 3 unspecified atom stereocenters. The van der Waals surface area contributed by atoms with Crippen LogP contribution in [0, 0.1) is 18.8 Å². The minimum Gasteiger partial charge on any atom is -0.496 e. The van der Waals surface area contributed by atoms with Gasteiger partial charge in [-0.05, 0) is 87.1 Å². The number of nitrogens with one attached hydrogen (secondary N) is 1. The van der Waals surface area contributed by atoms with Gasteiger partial charge in [0.2, 0.25) is 5.91 Å². The molecule has 3 aliphatic carbocycles. The highest BCUT2D eigenvalue weighted by molar-refractivity contribution is 5.94. The lowest BCUT2D eigenvalue weighted by Crippen LogP contribution is -2.50. The fourth-order valence-electron chi connectivity index (χ4n) is 7.18. The number of aliphatic hydroxyl groups excluding tert-OH is 1. The van der Waals surface area contributed by atoms with Crippen molar-refractivity contribution in [2.45, 2.75) is 89.0 Å². The van der Waals surface area contributed by atoms with Gasteiger partial charge in [-0.1, -0.05) is 31.4 Å². The largest absolute Gasteiger partial charge is 0.496 e. The predicted molar refractivity (Wildman–Crippen MR) is 167 cm³/mol. The van der Waals surface area contributed by atoms with Gasteiger partial charge >= 0.3 is 0 Å². The van der Waals surface area contributed by atoms with Gasteiger partial charge in [-0.3, -0.25) is 14.5 Å². The molecule has 0 bridgehead atoms. The Morgan fingerprint density at radius 1 is 1.07 bits per heavy atom. The summed E-state index contributed by atoms with van der Waals surface area (Å²) in [5.41, 5.74) is 3.67. The number of aryl methyl sites for hydroxylation is 1. The number of pyridine rings is 1. The van der Waals surface area contributed by atoms with Crippen LogP contribution in [0.4, 0.5) is 5.82 Å². The summed E-state index contributed by atoms with van der Waals surface area (Å²) in [6.07, 6.45) is 13.4. The standard InChI is InChI=1S/C35H44N4O5/c1-22-16-26(11-13-31(22)43-2)28-12-8-23(19-37-34(42)24-6-4-3-5-7-24)17-30(28)39(33(41)20-40)32-18-27(14-15-36-32)29-21-44-35(38-29)25-9-10-25/h11,13-16,18,21,23-25,28,30,40H,3-10,12,17,19-20H2,1-2H3,(H,37,42). The van der Waals surface area contributed by atoms with E-state index in [2.05, 4.69) is 22.4 Å². The van der Waals surface area contributed by atoms with Crippen LogP contribution >= 0.6 is 0 Å². The first-order chi connectivity index (χ1) is 21.4. The van der Waals surface area contributed by atoms with Gasteiger partial charge in [0.1, 0.15) is 30.1 Å². The number of ether oxygens (including phenoxy) is 1. The first kappa shape index (κ1) is 30.3. The zero-order chi connectivity index (χ0) is 30.6. The summed E-state index contributed by atoms with van der Waals surface area (Å²) in [6.45, 7) is 1.98. The number of benzene rings is 1. The van der Waals surface area contributed by atoms with Crippen LogP contribution < -0.4 is 15.0 Å². The quantitative estimate of drug-likeness (QED) is 0.297. The van der Waals surface area contributed by atoms with E-state index >= 15 is 0 Å². The molecule has 3 aromatic rings. The monoisotopic (exact) mass is 600 g/mol. The molecule has 3 saturated carbocycles. The fraction of sp³-hybridized carbons (Fsp3) is 0.543. The number of amides is 2. The highest BCUT2D eigenvalue weighted by Crippen LogP contribution is 2.43. The van der Waals surface area contributed by atoms with Crippen LogP contribution in [0.15, 0.2) is 47.2 Å². The average Bonchev–Trinajstić information content (AvgIpc) is 3.80. The van der Waals surface area contributed by atoms with E-state index in [0.29, 0.717) is 30.4 Å². The van der Waals surface area contributed by atoms with Crippen molar-refractivity contribution in [3.8, 4) is 17.0 Å². The lowest BCUT2D eigenvalue weighted by molar-refractivity contribution is -0.126. The molecule has 0 radical (unpaired) electrons. The summed E-state index contributed by atoms with van der Waals surface area (Å²) < 4.78 is 11.3. The zero-order valence-electron chi connectivity index (χ0n) is 25.8. The van der Waals surface area contributed by atoms with E-state index < -0.39 is 12.5 Å². The van der Waals surface area contributed by atoms with Crippen molar-refractivity contribution in [3.63, 3.8) is 0 Å². The van der Waals surface area contributed by atoms with E-state index in [-0.39, 0.29) is 29.7 Å². The van der Waals surface area contributed by atoms with Crippen molar-refractivity contribution in [2.24, 2.45) is 11.8 Å². The molecule has 2 amide bonds. The number of nitrogens with zero attached hydrogens (tertiary/aromatic N) is 3. The number of hydrogen-bond donors (Lipinski definition) is 2. The number of carbonyl (C=O) groups excluding carboxylic acids is 2. The Morgan fingerprint density at radius 2 is 1.89 bits per heavy atom. The second kappa shape index (κ2) is 13.5. The average molecular weight is 601 g/mol. The van der Waals surface area contributed by atoms with Gasteiger partial charge < -0.3 is 19.6 Å². The van der Waals surface area contributed by atoms with Crippen LogP contribution in [0.3, 0.4) is 0 Å². The van der Waals surface area contributed by atoms with Crippen molar-refractivity contribution in [1.29, 1.82) is 0 Å². The molecule has 9 heteroatoms. The maximum Gasteiger partial charge on any atom is 0.254 e. The molecule has 0 saturated heterocycles. The third-order valence-electron chi connectivity index (χ3n) is 9.79. The first-order valence-electron chi connectivity index (χ1n) is 16.2. The third-order valence-corrected chi connectivity index (χ3v) is 9.79. The molecule has 2 aromatic heterocycles. The molecule has 234 valence electrons. The van der Waals surface area contributed by atoms with Crippen molar-refractivity contribution in [3.05, 3.63) is 59.8 Å². The van der Waals surface area contributed by atoms with E-state index in [1.165, 1.54) is 6.42 Å². The topological polar surface area (TPSA) is 118 Å². The van der Waals surface area contributed by atoms with Gasteiger partial charge in [0.15, 0.2) is 5.89 Å². The summed E-state index contributed by atoms with van der Waals surface area (Å²) in [6, 6.07) is 9.67. The molecule has 3 aliphatic rings. The lowest BCUT2D eigenvalue weighted by atomic mass is 9.74. The molecule has 2 heterocycles. The first-order valence-corrected chi connectivity index (χ1v) is 16.2. The van der Waals surface area contributed by atoms with Gasteiger partial charge in [0.05, 0.1) is 7.11 Å². The van der Waals surface area contributed by atoms with Crippen molar-refractivity contribution in [1.82, 2.24) is 15.3 Å². The second-order valence-corrected chi connectivity index (χ2v) is 12.8. The lowest BCUT2D eigenvalue weighted by Gasteiger charge is -2.42. The number of oxazole rings is 1. The van der Waals surface area contributed by atoms with E-state index in [1.54, 1.807) is 24.5 Å². The summed E-state index contributed by atoms with van der Waals surface area (Å²) in [4.78, 5) is 37.6. The number of anilines is 1. The molecule has 0 spiro atoms. The zero-order valence-corrected chi connectivity index (χ0v) is 25.8. The van der Waals surface area contributed by atoms with Crippen LogP contribution in [0.1, 0.15) is 93.1 Å². The third kappa shape index (κ3) is 6.67. The van der Waals surface area contributed by atoms with E-state index in [0.717, 1.165) is 79.7 Å². The normalized spacial score (nSPS) is 22.4. The molecule has 3 atom stereocenters. The summed E-state index contributed by atoms with van der Waals surface area (Å²) >= 11 is 0. The Bertz CT molecular complexity index is 1460. The molecule has 2 N–H and O–H groups in total. The van der Waals surface area contributed by atoms with Crippen molar-refractivity contribution >= 4 is 17.6 Å². The molecule has 44 heavy (non-hydrogen) atoms. The highest BCUT2D eigenvalue weighted by atomic mass is 16.5. The van der Waals surface area contributed by atoms with Gasteiger partial charge in [-0.15, -0.1) is 0 Å². The summed E-state index contributed by atoms with van der Waals surface area (Å²) in [5, 5.41) is 13.4. The van der Waals surface area contributed by atoms with Crippen LogP contribution in [-0.4, -0.2) is 53.2 Å². The molecule has 1 aromatic carbocycles. The molecular weight excluding hydrogens is 556 g/mol. The van der Waals surface area contributed by atoms with Crippen LogP contribution in [-0.2, 0) is 9.59 Å². The Balaban J connectivity index is 1.30. The van der Waals surface area contributed by atoms with Crippen LogP contribution in [0.2, 0.25) is 0 Å². The van der Waals surface area contributed by atoms with E-state index in [4.69, 9.17) is 14.1 Å². The SMILES string of the molecule is COc1ccc(C2CCC(CNC(=O)C3CCCCC3)CC2N(C(=O)CO)c2cc(-c3coc(C4CC4)n3)ccn2)cc1C. The predicted octanol–water partition coefficient (Wildman–Crippen LogP) is 5.91. The molecular formula is C35H44N4O5. The Labute approximate surface area is 259 Å². The van der Waals surface area contributed by atoms with E-state index in [9.17, 15) is 14.7 Å². The molecule has 6 rings (SSSR count). The summed E-state index contributed by atoms with van der Waals surface area (Å²) in [7, 11) is 1.67. The van der Waals surface area contributed by atoms with Crippen molar-refractivity contribution in [2.75, 3.05) is 25.2 Å². The van der Waals surface area contributed by atoms with Crippen LogP contribution in [0.25, 0.3) is 11.3 Å². The van der Waals surface area contributed by atoms with E-state index in [1.807, 2.05) is 25.1 Å². The number of aliphatic hydroxyl groups is 1. The Morgan fingerprint density at radius 3 is 2.61 bits per heavy atom. The van der Waals surface area contributed by atoms with Crippen molar-refractivity contribution < 1.29 is 23.8 Å². The smallest absolute Gasteiger partial charge is 0.254 e. The van der Waals surface area contributed by atoms with Gasteiger partial charge in [0.25, 0.3) is 5.91 Å². The maximum absolute atomic E-state index is 13.6. The summed E-state index contributed by atoms with van der Waals surface area (Å²) in [5.74, 6) is 2.51. The molecule has 3 fully saturated rings. The minimum atomic E-state index is -0.629. The number of rotatable bonds is 10. The number of aromatic nitrogens is 2. The maximum atomic E-state index is 13.6. The molecule has 9 nitrogen and oxygen atoms in total. The minimum absolute atomic E-state index is 0.0133. The fourth-order valence-corrected chi connectivity index (χ4v) is 7.18. The highest BCUT2D eigenvalue weighted by Gasteiger charge is 2.39. The Kier molecular flexibility index (Phi) is 9.31. The number of methoxy groups -OCH3 is 1. The van der Waals surface area contributed by atoms with Gasteiger partial charge in [-0.2, -0.15) is 0 Å². The van der Waals surface area contributed by atoms with Gasteiger partial charge in [0, 0.05) is 42.1 Å². The number of carbonyl (C=O) groups is 2. The Hall–Kier alpha value is -3.72. The van der Waals surface area contributed by atoms with Crippen LogP contribution in [0.5, 0.6) is 5.75 Å². The molecule has 0 aliphatic heterocycles. The number of hydrogen-bond acceptors (Lipinski definition) is 7.